The van der Waals surface area contributed by atoms with E-state index in [0.29, 0.717) is 17.2 Å². The van der Waals surface area contributed by atoms with Crippen molar-refractivity contribution in [1.82, 2.24) is 24.3 Å². The van der Waals surface area contributed by atoms with Gasteiger partial charge in [0.15, 0.2) is 0 Å². The van der Waals surface area contributed by atoms with Crippen LogP contribution in [0.25, 0.3) is 21.9 Å². The fourth-order valence-electron chi connectivity index (χ4n) is 5.13. The number of anilines is 1. The highest BCUT2D eigenvalue weighted by Gasteiger charge is 2.45. The molecular weight excluding hydrogens is 440 g/mol. The van der Waals surface area contributed by atoms with E-state index in [1.165, 1.54) is 0 Å². The first-order valence-electron chi connectivity index (χ1n) is 12.3. The molecule has 4 aromatic rings. The van der Waals surface area contributed by atoms with Crippen molar-refractivity contribution < 1.29 is 9.59 Å². The van der Waals surface area contributed by atoms with Crippen molar-refractivity contribution in [3.63, 3.8) is 0 Å². The largest absolute Gasteiger partial charge is 0.350 e. The van der Waals surface area contributed by atoms with Crippen LogP contribution in [-0.4, -0.2) is 58.0 Å². The molecule has 8 nitrogen and oxygen atoms in total. The average Bonchev–Trinajstić information content (AvgIpc) is 3.44. The van der Waals surface area contributed by atoms with Gasteiger partial charge in [0.25, 0.3) is 11.8 Å². The second kappa shape index (κ2) is 8.23. The Hall–Kier alpha value is -3.65. The van der Waals surface area contributed by atoms with E-state index in [2.05, 4.69) is 38.8 Å². The first-order valence-corrected chi connectivity index (χ1v) is 12.3. The minimum atomic E-state index is -0.203. The summed E-state index contributed by atoms with van der Waals surface area (Å²) < 4.78 is 4.18. The monoisotopic (exact) mass is 470 g/mol. The average molecular weight is 471 g/mol. The summed E-state index contributed by atoms with van der Waals surface area (Å²) in [5.41, 5.74) is 4.18. The van der Waals surface area contributed by atoms with Crippen molar-refractivity contribution in [1.29, 1.82) is 0 Å². The topological polar surface area (TPSA) is 84.2 Å². The molecule has 6 rings (SSSR count). The summed E-state index contributed by atoms with van der Waals surface area (Å²) in [6, 6.07) is 15.5. The van der Waals surface area contributed by atoms with Crippen LogP contribution in [0.2, 0.25) is 0 Å². The molecule has 2 aliphatic rings. The van der Waals surface area contributed by atoms with Crippen molar-refractivity contribution >= 4 is 39.7 Å². The number of hydrogen-bond donors (Lipinski definition) is 2. The molecular formula is C27H30N6O2. The summed E-state index contributed by atoms with van der Waals surface area (Å²) in [4.78, 5) is 32.9. The van der Waals surface area contributed by atoms with Gasteiger partial charge in [-0.3, -0.25) is 14.9 Å². The van der Waals surface area contributed by atoms with Gasteiger partial charge in [0.05, 0.1) is 11.0 Å². The van der Waals surface area contributed by atoms with E-state index in [0.717, 1.165) is 67.4 Å². The number of hydrogen-bond acceptors (Lipinski definition) is 4. The summed E-state index contributed by atoms with van der Waals surface area (Å²) in [5.74, 6) is 0.314. The molecule has 1 aliphatic heterocycles. The molecule has 1 aliphatic carbocycles. The Bertz CT molecular complexity index is 1460. The van der Waals surface area contributed by atoms with Gasteiger partial charge >= 0.3 is 0 Å². The fraction of sp³-hybridized carbons (Fsp3) is 0.370. The minimum absolute atomic E-state index is 0.0394. The van der Waals surface area contributed by atoms with E-state index in [1.54, 1.807) is 0 Å². The van der Waals surface area contributed by atoms with Crippen LogP contribution in [0, 0.1) is 5.41 Å². The molecule has 0 unspecified atom stereocenters. The zero-order valence-corrected chi connectivity index (χ0v) is 20.2. The van der Waals surface area contributed by atoms with Gasteiger partial charge < -0.3 is 19.4 Å². The lowest BCUT2D eigenvalue weighted by Gasteiger charge is -2.14. The van der Waals surface area contributed by atoms with E-state index in [1.807, 2.05) is 48.5 Å². The first kappa shape index (κ1) is 21.9. The fourth-order valence-corrected chi connectivity index (χ4v) is 5.13. The Balaban J connectivity index is 1.32. The summed E-state index contributed by atoms with van der Waals surface area (Å²) in [7, 11) is 4.11. The summed E-state index contributed by atoms with van der Waals surface area (Å²) >= 11 is 0. The molecule has 3 heterocycles. The molecule has 2 aromatic carbocycles. The second-order valence-corrected chi connectivity index (χ2v) is 10.3. The highest BCUT2D eigenvalue weighted by atomic mass is 16.2. The lowest BCUT2D eigenvalue weighted by Crippen LogP contribution is -2.27. The molecule has 0 radical (unpaired) electrons. The highest BCUT2D eigenvalue weighted by molar-refractivity contribution is 6.07. The van der Waals surface area contributed by atoms with Crippen molar-refractivity contribution in [3.05, 3.63) is 59.8 Å². The van der Waals surface area contributed by atoms with Gasteiger partial charge in [0.2, 0.25) is 5.95 Å². The SMILES string of the molecule is CN(C)CCCn1c(NC(=O)c2ccc3cc4n(c3c2)CC2(CC2)CNC4=O)nc2ccccc21. The molecule has 0 atom stereocenters. The number of carbonyl (C=O) groups is 2. The lowest BCUT2D eigenvalue weighted by molar-refractivity contribution is 0.0946. The van der Waals surface area contributed by atoms with Crippen LogP contribution in [0.3, 0.4) is 0 Å². The van der Waals surface area contributed by atoms with E-state index >= 15 is 0 Å². The number of rotatable bonds is 6. The molecule has 0 bridgehead atoms. The number of para-hydroxylation sites is 2. The van der Waals surface area contributed by atoms with Gasteiger partial charge in [-0.25, -0.2) is 4.98 Å². The standard InChI is InChI=1S/C27H30N6O2/c1-31(2)12-5-13-32-21-7-4-3-6-20(21)29-26(32)30-24(34)19-9-8-18-14-23-25(35)28-16-27(10-11-27)17-33(23)22(18)15-19/h3-4,6-9,14-15H,5,10-13,16-17H2,1-2H3,(H,28,35)(H,29,30,34). The number of amides is 2. The molecule has 8 heteroatoms. The number of imidazole rings is 1. The van der Waals surface area contributed by atoms with Crippen molar-refractivity contribution in [2.45, 2.75) is 32.4 Å². The van der Waals surface area contributed by atoms with E-state index < -0.39 is 0 Å². The normalized spacial score (nSPS) is 16.5. The van der Waals surface area contributed by atoms with Gasteiger partial charge in [-0.05, 0) is 70.2 Å². The third kappa shape index (κ3) is 3.97. The van der Waals surface area contributed by atoms with E-state index in [4.69, 9.17) is 4.98 Å². The Morgan fingerprint density at radius 3 is 2.77 bits per heavy atom. The van der Waals surface area contributed by atoms with Crippen LogP contribution in [0.15, 0.2) is 48.5 Å². The molecule has 35 heavy (non-hydrogen) atoms. The predicted octanol–water partition coefficient (Wildman–Crippen LogP) is 3.72. The maximum absolute atomic E-state index is 13.4. The molecule has 1 fully saturated rings. The summed E-state index contributed by atoms with van der Waals surface area (Å²) in [5, 5.41) is 7.10. The van der Waals surface area contributed by atoms with Gasteiger partial charge in [-0.15, -0.1) is 0 Å². The minimum Gasteiger partial charge on any atom is -0.350 e. The third-order valence-electron chi connectivity index (χ3n) is 7.34. The number of aryl methyl sites for hydroxylation is 1. The molecule has 1 spiro atoms. The van der Waals surface area contributed by atoms with Crippen molar-refractivity contribution in [3.8, 4) is 0 Å². The summed E-state index contributed by atoms with van der Waals surface area (Å²) in [6.45, 7) is 3.23. The Morgan fingerprint density at radius 1 is 1.14 bits per heavy atom. The van der Waals surface area contributed by atoms with Gasteiger partial charge in [0, 0.05) is 41.5 Å². The quantitative estimate of drug-likeness (QED) is 0.450. The van der Waals surface area contributed by atoms with Crippen molar-refractivity contribution in [2.24, 2.45) is 5.41 Å². The summed E-state index contributed by atoms with van der Waals surface area (Å²) in [6.07, 6.45) is 3.19. The smallest absolute Gasteiger partial charge is 0.267 e. The lowest BCUT2D eigenvalue weighted by atomic mass is 10.1. The third-order valence-corrected chi connectivity index (χ3v) is 7.34. The number of nitrogens with zero attached hydrogens (tertiary/aromatic N) is 4. The number of benzene rings is 2. The Morgan fingerprint density at radius 2 is 1.97 bits per heavy atom. The van der Waals surface area contributed by atoms with Crippen molar-refractivity contribution in [2.75, 3.05) is 32.5 Å². The number of fused-ring (bicyclic) bond motifs is 4. The van der Waals surface area contributed by atoms with Crippen LogP contribution < -0.4 is 10.6 Å². The van der Waals surface area contributed by atoms with Gasteiger partial charge in [-0.2, -0.15) is 0 Å². The Labute approximate surface area is 203 Å². The molecule has 2 aromatic heterocycles. The van der Waals surface area contributed by atoms with E-state index in [9.17, 15) is 9.59 Å². The zero-order valence-electron chi connectivity index (χ0n) is 20.2. The molecule has 180 valence electrons. The molecule has 0 saturated heterocycles. The van der Waals surface area contributed by atoms with Crippen LogP contribution >= 0.6 is 0 Å². The first-order chi connectivity index (χ1) is 16.9. The van der Waals surface area contributed by atoms with Crippen LogP contribution in [0.4, 0.5) is 5.95 Å². The molecule has 2 amide bonds. The maximum Gasteiger partial charge on any atom is 0.267 e. The molecule has 1 saturated carbocycles. The number of nitrogens with one attached hydrogen (secondary N) is 2. The number of carbonyl (C=O) groups excluding carboxylic acids is 2. The van der Waals surface area contributed by atoms with Crippen LogP contribution in [-0.2, 0) is 13.1 Å². The second-order valence-electron chi connectivity index (χ2n) is 10.3. The van der Waals surface area contributed by atoms with Crippen LogP contribution in [0.5, 0.6) is 0 Å². The maximum atomic E-state index is 13.4. The molecule has 2 N–H and O–H groups in total. The Kier molecular flexibility index (Phi) is 5.14. The van der Waals surface area contributed by atoms with E-state index in [-0.39, 0.29) is 17.2 Å². The van der Waals surface area contributed by atoms with Crippen LogP contribution in [0.1, 0.15) is 40.1 Å². The zero-order chi connectivity index (χ0) is 24.2. The predicted molar refractivity (Wildman–Crippen MR) is 137 cm³/mol. The highest BCUT2D eigenvalue weighted by Crippen LogP contribution is 2.48. The number of aromatic nitrogens is 3. The van der Waals surface area contributed by atoms with Gasteiger partial charge in [0.1, 0.15) is 5.69 Å². The van der Waals surface area contributed by atoms with Gasteiger partial charge in [-0.1, -0.05) is 18.2 Å².